The van der Waals surface area contributed by atoms with Gasteiger partial charge in [0.15, 0.2) is 5.60 Å². The normalized spacial score (nSPS) is 13.3. The number of aliphatic hydroxyl groups is 1. The van der Waals surface area contributed by atoms with Crippen molar-refractivity contribution in [1.82, 2.24) is 15.0 Å². The number of amides is 1. The molecule has 1 atom stereocenters. The van der Waals surface area contributed by atoms with Crippen LogP contribution in [0.5, 0.6) is 0 Å². The molecule has 0 spiro atoms. The molecule has 4 rings (SSSR count). The number of hydrogen-bond donors (Lipinski definition) is 2. The number of alkyl halides is 3. The molecule has 7 nitrogen and oxygen atoms in total. The standard InChI is InChI=1S/C24H17F4N5O2/c1-23(35,22(34)30-18-8-4-16(12-29)19(11-18)24(26,27)28)13-33-21-9-5-15(10-20(21)31-32-33)14-2-6-17(25)7-3-14/h2-11,35H,13H2,1H3,(H,30,34)/t23-/m0/s1. The van der Waals surface area contributed by atoms with Crippen molar-refractivity contribution in [3.63, 3.8) is 0 Å². The van der Waals surface area contributed by atoms with Crippen LogP contribution in [0.25, 0.3) is 22.2 Å². The molecule has 0 unspecified atom stereocenters. The van der Waals surface area contributed by atoms with Gasteiger partial charge in [0.05, 0.1) is 29.3 Å². The molecule has 11 heteroatoms. The second-order valence-corrected chi connectivity index (χ2v) is 8.06. The molecule has 0 fully saturated rings. The predicted molar refractivity (Wildman–Crippen MR) is 118 cm³/mol. The van der Waals surface area contributed by atoms with Crippen LogP contribution in [0.4, 0.5) is 23.2 Å². The maximum atomic E-state index is 13.2. The minimum absolute atomic E-state index is 0.228. The lowest BCUT2D eigenvalue weighted by Crippen LogP contribution is -2.44. The number of hydrogen-bond acceptors (Lipinski definition) is 5. The van der Waals surface area contributed by atoms with Crippen molar-refractivity contribution in [2.75, 3.05) is 5.32 Å². The Bertz CT molecular complexity index is 1450. The number of benzene rings is 3. The first kappa shape index (κ1) is 23.8. The zero-order valence-corrected chi connectivity index (χ0v) is 18.1. The van der Waals surface area contributed by atoms with E-state index in [2.05, 4.69) is 15.6 Å². The van der Waals surface area contributed by atoms with Crippen molar-refractivity contribution < 1.29 is 27.5 Å². The number of fused-ring (bicyclic) bond motifs is 1. The van der Waals surface area contributed by atoms with Crippen LogP contribution < -0.4 is 5.32 Å². The SMILES string of the molecule is C[C@](O)(Cn1nnc2cc(-c3ccc(F)cc3)ccc21)C(=O)Nc1ccc(C#N)c(C(F)(F)F)c1. The molecule has 1 amide bonds. The second-order valence-electron chi connectivity index (χ2n) is 8.06. The van der Waals surface area contributed by atoms with Crippen molar-refractivity contribution in [1.29, 1.82) is 5.26 Å². The third-order valence-corrected chi connectivity index (χ3v) is 5.34. The van der Waals surface area contributed by atoms with Gasteiger partial charge in [-0.1, -0.05) is 23.4 Å². The summed E-state index contributed by atoms with van der Waals surface area (Å²) in [5.74, 6) is -1.33. The average molecular weight is 483 g/mol. The Morgan fingerprint density at radius 1 is 1.09 bits per heavy atom. The Morgan fingerprint density at radius 3 is 2.43 bits per heavy atom. The summed E-state index contributed by atoms with van der Waals surface area (Å²) in [4.78, 5) is 12.7. The van der Waals surface area contributed by atoms with Crippen LogP contribution in [0.1, 0.15) is 18.1 Å². The molecule has 4 aromatic rings. The molecule has 0 aliphatic carbocycles. The highest BCUT2D eigenvalue weighted by atomic mass is 19.4. The lowest BCUT2D eigenvalue weighted by Gasteiger charge is -2.22. The minimum atomic E-state index is -4.79. The van der Waals surface area contributed by atoms with Crippen molar-refractivity contribution in [2.24, 2.45) is 0 Å². The number of nitriles is 1. The number of halogens is 4. The zero-order valence-electron chi connectivity index (χ0n) is 18.1. The van der Waals surface area contributed by atoms with Gasteiger partial charge < -0.3 is 10.4 Å². The molecule has 1 aromatic heterocycles. The number of anilines is 1. The number of carbonyl (C=O) groups excluding carboxylic acids is 1. The number of nitrogens with zero attached hydrogens (tertiary/aromatic N) is 4. The van der Waals surface area contributed by atoms with Gasteiger partial charge in [0.25, 0.3) is 5.91 Å². The van der Waals surface area contributed by atoms with Crippen molar-refractivity contribution in [2.45, 2.75) is 25.2 Å². The maximum Gasteiger partial charge on any atom is 0.417 e. The van der Waals surface area contributed by atoms with E-state index < -0.39 is 28.8 Å². The van der Waals surface area contributed by atoms with Crippen LogP contribution in [0.15, 0.2) is 60.7 Å². The van der Waals surface area contributed by atoms with E-state index in [1.54, 1.807) is 30.3 Å². The quantitative estimate of drug-likeness (QED) is 0.407. The second kappa shape index (κ2) is 8.81. The molecule has 2 N–H and O–H groups in total. The summed E-state index contributed by atoms with van der Waals surface area (Å²) in [6.07, 6.45) is -4.79. The summed E-state index contributed by atoms with van der Waals surface area (Å²) < 4.78 is 54.1. The third-order valence-electron chi connectivity index (χ3n) is 5.34. The largest absolute Gasteiger partial charge is 0.417 e. The first-order chi connectivity index (χ1) is 16.5. The summed E-state index contributed by atoms with van der Waals surface area (Å²) in [6.45, 7) is 0.852. The molecule has 35 heavy (non-hydrogen) atoms. The van der Waals surface area contributed by atoms with Crippen LogP contribution in [0.2, 0.25) is 0 Å². The van der Waals surface area contributed by atoms with E-state index in [1.165, 1.54) is 29.8 Å². The number of nitrogens with one attached hydrogen (secondary N) is 1. The van der Waals surface area contributed by atoms with Crippen molar-refractivity contribution in [3.05, 3.63) is 77.6 Å². The Balaban J connectivity index is 1.55. The number of rotatable bonds is 5. The van der Waals surface area contributed by atoms with E-state index in [9.17, 15) is 27.5 Å². The van der Waals surface area contributed by atoms with E-state index in [0.29, 0.717) is 17.1 Å². The minimum Gasteiger partial charge on any atom is -0.378 e. The molecule has 0 saturated heterocycles. The summed E-state index contributed by atoms with van der Waals surface area (Å²) in [6, 6.07) is 15.2. The molecule has 0 radical (unpaired) electrons. The van der Waals surface area contributed by atoms with Crippen LogP contribution in [-0.2, 0) is 17.5 Å². The van der Waals surface area contributed by atoms with Crippen LogP contribution in [-0.4, -0.2) is 31.6 Å². The third kappa shape index (κ3) is 4.97. The molecule has 3 aromatic carbocycles. The van der Waals surface area contributed by atoms with E-state index >= 15 is 0 Å². The van der Waals surface area contributed by atoms with Crippen LogP contribution >= 0.6 is 0 Å². The predicted octanol–water partition coefficient (Wildman–Crippen LogP) is 4.52. The highest BCUT2D eigenvalue weighted by Crippen LogP contribution is 2.34. The molecule has 0 saturated carbocycles. The van der Waals surface area contributed by atoms with Gasteiger partial charge in [-0.05, 0) is 60.5 Å². The summed E-state index contributed by atoms with van der Waals surface area (Å²) in [7, 11) is 0. The van der Waals surface area contributed by atoms with Gasteiger partial charge in [-0.2, -0.15) is 18.4 Å². The fraction of sp³-hybridized carbons (Fsp3) is 0.167. The van der Waals surface area contributed by atoms with Crippen LogP contribution in [0, 0.1) is 17.1 Å². The summed E-state index contributed by atoms with van der Waals surface area (Å²) in [5.41, 5.74) is -1.60. The van der Waals surface area contributed by atoms with Gasteiger partial charge in [0.2, 0.25) is 0 Å². The fourth-order valence-electron chi connectivity index (χ4n) is 3.49. The molecule has 178 valence electrons. The molecular formula is C24H17F4N5O2. The fourth-order valence-corrected chi connectivity index (χ4v) is 3.49. The lowest BCUT2D eigenvalue weighted by atomic mass is 10.0. The first-order valence-electron chi connectivity index (χ1n) is 10.2. The molecule has 0 bridgehead atoms. The van der Waals surface area contributed by atoms with E-state index in [-0.39, 0.29) is 18.0 Å². The van der Waals surface area contributed by atoms with E-state index in [4.69, 9.17) is 5.26 Å². The molecule has 0 aliphatic heterocycles. The van der Waals surface area contributed by atoms with Gasteiger partial charge in [-0.15, -0.1) is 5.10 Å². The zero-order chi connectivity index (χ0) is 25.4. The number of aromatic nitrogens is 3. The van der Waals surface area contributed by atoms with Gasteiger partial charge in [-0.25, -0.2) is 9.07 Å². The number of carbonyl (C=O) groups is 1. The van der Waals surface area contributed by atoms with Crippen molar-refractivity contribution >= 4 is 22.6 Å². The Labute approximate surface area is 196 Å². The Kier molecular flexibility index (Phi) is 6.00. The van der Waals surface area contributed by atoms with E-state index in [0.717, 1.165) is 23.3 Å². The molecule has 0 aliphatic rings. The van der Waals surface area contributed by atoms with Gasteiger partial charge in [-0.3, -0.25) is 4.79 Å². The summed E-state index contributed by atoms with van der Waals surface area (Å²) >= 11 is 0. The topological polar surface area (TPSA) is 104 Å². The average Bonchev–Trinajstić information content (AvgIpc) is 3.20. The van der Waals surface area contributed by atoms with E-state index in [1.807, 2.05) is 0 Å². The van der Waals surface area contributed by atoms with Gasteiger partial charge in [0.1, 0.15) is 11.3 Å². The first-order valence-corrected chi connectivity index (χ1v) is 10.2. The van der Waals surface area contributed by atoms with Crippen LogP contribution in [0.3, 0.4) is 0 Å². The highest BCUT2D eigenvalue weighted by molar-refractivity contribution is 5.97. The molecule has 1 heterocycles. The lowest BCUT2D eigenvalue weighted by molar-refractivity contribution is -0.138. The monoisotopic (exact) mass is 483 g/mol. The summed E-state index contributed by atoms with van der Waals surface area (Å²) in [5, 5.41) is 29.9. The highest BCUT2D eigenvalue weighted by Gasteiger charge is 2.35. The smallest absolute Gasteiger partial charge is 0.378 e. The Hall–Kier alpha value is -4.30. The van der Waals surface area contributed by atoms with Gasteiger partial charge in [0, 0.05) is 5.69 Å². The maximum absolute atomic E-state index is 13.2. The molecular weight excluding hydrogens is 466 g/mol. The van der Waals surface area contributed by atoms with Crippen molar-refractivity contribution in [3.8, 4) is 17.2 Å². The Morgan fingerprint density at radius 2 is 1.77 bits per heavy atom. The van der Waals surface area contributed by atoms with Gasteiger partial charge >= 0.3 is 6.18 Å².